The summed E-state index contributed by atoms with van der Waals surface area (Å²) in [6, 6.07) is 5.95. The van der Waals surface area contributed by atoms with Crippen molar-refractivity contribution in [2.75, 3.05) is 37.7 Å². The first-order valence-corrected chi connectivity index (χ1v) is 8.42. The van der Waals surface area contributed by atoms with Crippen molar-refractivity contribution < 1.29 is 9.13 Å². The second-order valence-electron chi connectivity index (χ2n) is 6.00. The highest BCUT2D eigenvalue weighted by Gasteiger charge is 2.22. The first kappa shape index (κ1) is 16.1. The predicted molar refractivity (Wildman–Crippen MR) is 90.4 cm³/mol. The Hall–Kier alpha value is -1.82. The fourth-order valence-corrected chi connectivity index (χ4v) is 2.62. The van der Waals surface area contributed by atoms with E-state index in [1.807, 2.05) is 24.0 Å². The minimum absolute atomic E-state index is 0.181. The first-order chi connectivity index (χ1) is 11.3. The standard InChI is InChI=1S/C17H25FN4O/c1-2-19-17(21-14-4-5-14)20-12-13-3-6-16(15(18)11-13)22-7-9-23-10-8-22/h3,6,11,14H,2,4-5,7-10,12H2,1H3,(H2,19,20,21). The number of nitrogens with zero attached hydrogens (tertiary/aromatic N) is 2. The van der Waals surface area contributed by atoms with Crippen LogP contribution < -0.4 is 15.5 Å². The van der Waals surface area contributed by atoms with E-state index in [1.54, 1.807) is 6.07 Å². The molecule has 0 radical (unpaired) electrons. The van der Waals surface area contributed by atoms with Gasteiger partial charge in [-0.3, -0.25) is 0 Å². The number of rotatable bonds is 5. The molecule has 23 heavy (non-hydrogen) atoms. The fraction of sp³-hybridized carbons (Fsp3) is 0.588. The zero-order chi connectivity index (χ0) is 16.1. The maximum absolute atomic E-state index is 14.4. The molecule has 1 aromatic carbocycles. The number of aliphatic imine (C=N–C) groups is 1. The average Bonchev–Trinajstić information content (AvgIpc) is 3.38. The highest BCUT2D eigenvalue weighted by atomic mass is 19.1. The lowest BCUT2D eigenvalue weighted by Gasteiger charge is -2.29. The molecule has 1 aliphatic heterocycles. The molecule has 0 atom stereocenters. The van der Waals surface area contributed by atoms with Gasteiger partial charge in [0.1, 0.15) is 5.82 Å². The van der Waals surface area contributed by atoms with Crippen LogP contribution in [0.5, 0.6) is 0 Å². The summed E-state index contributed by atoms with van der Waals surface area (Å²) < 4.78 is 19.7. The van der Waals surface area contributed by atoms with Gasteiger partial charge in [0, 0.05) is 25.7 Å². The molecule has 5 nitrogen and oxygen atoms in total. The van der Waals surface area contributed by atoms with Gasteiger partial charge < -0.3 is 20.3 Å². The Balaban J connectivity index is 1.64. The Morgan fingerprint density at radius 1 is 1.35 bits per heavy atom. The van der Waals surface area contributed by atoms with Gasteiger partial charge in [0.2, 0.25) is 0 Å². The zero-order valence-corrected chi connectivity index (χ0v) is 13.6. The van der Waals surface area contributed by atoms with Gasteiger partial charge in [0.15, 0.2) is 5.96 Å². The van der Waals surface area contributed by atoms with Crippen LogP contribution in [-0.2, 0) is 11.3 Å². The maximum atomic E-state index is 14.4. The molecular weight excluding hydrogens is 295 g/mol. The van der Waals surface area contributed by atoms with Gasteiger partial charge in [0.05, 0.1) is 25.4 Å². The van der Waals surface area contributed by atoms with E-state index >= 15 is 0 Å². The summed E-state index contributed by atoms with van der Waals surface area (Å²) in [4.78, 5) is 6.57. The number of halogens is 1. The minimum atomic E-state index is -0.181. The topological polar surface area (TPSA) is 48.9 Å². The van der Waals surface area contributed by atoms with Gasteiger partial charge in [-0.05, 0) is 37.5 Å². The molecule has 2 fully saturated rings. The Morgan fingerprint density at radius 2 is 2.13 bits per heavy atom. The molecule has 1 heterocycles. The molecule has 0 unspecified atom stereocenters. The summed E-state index contributed by atoms with van der Waals surface area (Å²) in [6.07, 6.45) is 2.40. The van der Waals surface area contributed by atoms with E-state index in [4.69, 9.17) is 4.74 Å². The van der Waals surface area contributed by atoms with E-state index in [0.717, 1.165) is 31.2 Å². The number of ether oxygens (including phenoxy) is 1. The van der Waals surface area contributed by atoms with Crippen molar-refractivity contribution >= 4 is 11.6 Å². The van der Waals surface area contributed by atoms with Gasteiger partial charge in [-0.25, -0.2) is 9.38 Å². The molecular formula is C17H25FN4O. The highest BCUT2D eigenvalue weighted by Crippen LogP contribution is 2.22. The molecule has 1 aromatic rings. The number of morpholine rings is 1. The summed E-state index contributed by atoms with van der Waals surface area (Å²) >= 11 is 0. The van der Waals surface area contributed by atoms with Crippen molar-refractivity contribution in [2.45, 2.75) is 32.4 Å². The van der Waals surface area contributed by atoms with Crippen LogP contribution in [0.4, 0.5) is 10.1 Å². The van der Waals surface area contributed by atoms with Crippen LogP contribution in [0.2, 0.25) is 0 Å². The molecule has 1 aliphatic carbocycles. The maximum Gasteiger partial charge on any atom is 0.191 e. The highest BCUT2D eigenvalue weighted by molar-refractivity contribution is 5.80. The molecule has 0 bridgehead atoms. The van der Waals surface area contributed by atoms with E-state index < -0.39 is 0 Å². The number of nitrogens with one attached hydrogen (secondary N) is 2. The summed E-state index contributed by atoms with van der Waals surface area (Å²) in [6.45, 7) is 6.13. The van der Waals surface area contributed by atoms with Crippen molar-refractivity contribution in [1.29, 1.82) is 0 Å². The van der Waals surface area contributed by atoms with Crippen LogP contribution in [-0.4, -0.2) is 44.8 Å². The molecule has 1 saturated heterocycles. The largest absolute Gasteiger partial charge is 0.378 e. The SMILES string of the molecule is CCNC(=NCc1ccc(N2CCOCC2)c(F)c1)NC1CC1. The van der Waals surface area contributed by atoms with Gasteiger partial charge in [0.25, 0.3) is 0 Å². The Labute approximate surface area is 136 Å². The lowest BCUT2D eigenvalue weighted by molar-refractivity contribution is 0.122. The first-order valence-electron chi connectivity index (χ1n) is 8.42. The Bertz CT molecular complexity index is 554. The number of anilines is 1. The molecule has 2 N–H and O–H groups in total. The van der Waals surface area contributed by atoms with Crippen LogP contribution in [0.1, 0.15) is 25.3 Å². The quantitative estimate of drug-likeness (QED) is 0.642. The van der Waals surface area contributed by atoms with Gasteiger partial charge >= 0.3 is 0 Å². The third-order valence-electron chi connectivity index (χ3n) is 4.05. The van der Waals surface area contributed by atoms with Gasteiger partial charge in [-0.1, -0.05) is 6.07 Å². The predicted octanol–water partition coefficient (Wildman–Crippen LogP) is 1.88. The summed E-state index contributed by atoms with van der Waals surface area (Å²) in [5.41, 5.74) is 1.54. The van der Waals surface area contributed by atoms with Crippen molar-refractivity contribution in [1.82, 2.24) is 10.6 Å². The third-order valence-corrected chi connectivity index (χ3v) is 4.05. The molecule has 0 amide bonds. The lowest BCUT2D eigenvalue weighted by Crippen LogP contribution is -2.38. The number of hydrogen-bond donors (Lipinski definition) is 2. The molecule has 6 heteroatoms. The third kappa shape index (κ3) is 4.58. The normalized spacial score (nSPS) is 18.9. The number of hydrogen-bond acceptors (Lipinski definition) is 3. The molecule has 1 saturated carbocycles. The second-order valence-corrected chi connectivity index (χ2v) is 6.00. The second kappa shape index (κ2) is 7.64. The molecule has 0 spiro atoms. The fourth-order valence-electron chi connectivity index (χ4n) is 2.62. The van der Waals surface area contributed by atoms with Gasteiger partial charge in [-0.2, -0.15) is 0 Å². The zero-order valence-electron chi connectivity index (χ0n) is 13.6. The van der Waals surface area contributed by atoms with E-state index in [2.05, 4.69) is 15.6 Å². The lowest BCUT2D eigenvalue weighted by atomic mass is 10.1. The van der Waals surface area contributed by atoms with Crippen molar-refractivity contribution in [3.05, 3.63) is 29.6 Å². The van der Waals surface area contributed by atoms with E-state index in [1.165, 1.54) is 12.8 Å². The van der Waals surface area contributed by atoms with E-state index in [-0.39, 0.29) is 5.82 Å². The van der Waals surface area contributed by atoms with Crippen LogP contribution in [0.25, 0.3) is 0 Å². The molecule has 3 rings (SSSR count). The van der Waals surface area contributed by atoms with Crippen molar-refractivity contribution in [3.63, 3.8) is 0 Å². The van der Waals surface area contributed by atoms with E-state index in [9.17, 15) is 4.39 Å². The van der Waals surface area contributed by atoms with Crippen molar-refractivity contribution in [3.8, 4) is 0 Å². The monoisotopic (exact) mass is 320 g/mol. The smallest absolute Gasteiger partial charge is 0.191 e. The Kier molecular flexibility index (Phi) is 5.33. The van der Waals surface area contributed by atoms with Crippen LogP contribution in [0.15, 0.2) is 23.2 Å². The average molecular weight is 320 g/mol. The van der Waals surface area contributed by atoms with Crippen molar-refractivity contribution in [2.24, 2.45) is 4.99 Å². The summed E-state index contributed by atoms with van der Waals surface area (Å²) in [7, 11) is 0. The number of guanidine groups is 1. The molecule has 2 aliphatic rings. The molecule has 126 valence electrons. The summed E-state index contributed by atoms with van der Waals surface area (Å²) in [5.74, 6) is 0.632. The number of benzene rings is 1. The molecule has 0 aromatic heterocycles. The Morgan fingerprint density at radius 3 is 2.78 bits per heavy atom. The van der Waals surface area contributed by atoms with Crippen LogP contribution in [0, 0.1) is 5.82 Å². The van der Waals surface area contributed by atoms with Gasteiger partial charge in [-0.15, -0.1) is 0 Å². The van der Waals surface area contributed by atoms with E-state index in [0.29, 0.717) is 31.5 Å². The minimum Gasteiger partial charge on any atom is -0.378 e. The van der Waals surface area contributed by atoms with Crippen LogP contribution in [0.3, 0.4) is 0 Å². The summed E-state index contributed by atoms with van der Waals surface area (Å²) in [5, 5.41) is 6.59. The van der Waals surface area contributed by atoms with Crippen LogP contribution >= 0.6 is 0 Å².